The monoisotopic (exact) mass is 417 g/mol. The van der Waals surface area contributed by atoms with Crippen LogP contribution in [0.5, 0.6) is 11.5 Å². The van der Waals surface area contributed by atoms with E-state index in [0.717, 1.165) is 5.56 Å². The molecule has 0 fully saturated rings. The lowest BCUT2D eigenvalue weighted by atomic mass is 10.1. The number of benzene rings is 2. The van der Waals surface area contributed by atoms with E-state index in [2.05, 4.69) is 20.8 Å². The zero-order valence-corrected chi connectivity index (χ0v) is 16.8. The number of tetrazole rings is 1. The largest absolute Gasteiger partial charge is 0.493 e. The number of aromatic nitrogens is 4. The van der Waals surface area contributed by atoms with Crippen molar-refractivity contribution in [3.63, 3.8) is 0 Å². The molecule has 0 aliphatic carbocycles. The van der Waals surface area contributed by atoms with Gasteiger partial charge in [-0.3, -0.25) is 4.79 Å². The molecule has 0 bridgehead atoms. The number of methoxy groups -OCH3 is 2. The molecule has 0 saturated heterocycles. The minimum Gasteiger partial charge on any atom is -0.493 e. The van der Waals surface area contributed by atoms with E-state index in [9.17, 15) is 9.18 Å². The molecule has 152 valence electrons. The van der Waals surface area contributed by atoms with Crippen LogP contribution in [-0.2, 0) is 11.2 Å². The Bertz CT molecular complexity index is 965. The summed E-state index contributed by atoms with van der Waals surface area (Å²) in [5.41, 5.74) is 1.64. The summed E-state index contributed by atoms with van der Waals surface area (Å²) < 4.78 is 25.0. The third-order valence-electron chi connectivity index (χ3n) is 4.03. The van der Waals surface area contributed by atoms with Crippen LogP contribution in [0.1, 0.15) is 5.56 Å². The molecule has 3 rings (SSSR count). The van der Waals surface area contributed by atoms with Crippen LogP contribution in [0.25, 0.3) is 5.69 Å². The lowest BCUT2D eigenvalue weighted by molar-refractivity contribution is -0.118. The van der Waals surface area contributed by atoms with Crippen LogP contribution in [0, 0.1) is 5.82 Å². The van der Waals surface area contributed by atoms with Crippen molar-refractivity contribution in [1.82, 2.24) is 25.5 Å². The van der Waals surface area contributed by atoms with Crippen LogP contribution in [0.4, 0.5) is 4.39 Å². The highest BCUT2D eigenvalue weighted by atomic mass is 32.2. The molecule has 1 heterocycles. The van der Waals surface area contributed by atoms with Gasteiger partial charge >= 0.3 is 0 Å². The SMILES string of the molecule is COc1ccc(CCNC(=O)CSc2nnnn2-c2ccc(F)cc2)cc1OC. The second-order valence-corrected chi connectivity index (χ2v) is 6.87. The zero-order valence-electron chi connectivity index (χ0n) is 16.0. The quantitative estimate of drug-likeness (QED) is 0.534. The number of halogens is 1. The number of nitrogens with zero attached hydrogens (tertiary/aromatic N) is 4. The second-order valence-electron chi connectivity index (χ2n) is 5.93. The minimum absolute atomic E-state index is 0.135. The molecule has 0 atom stereocenters. The number of hydrogen-bond donors (Lipinski definition) is 1. The van der Waals surface area contributed by atoms with Gasteiger partial charge in [-0.25, -0.2) is 4.39 Å². The van der Waals surface area contributed by atoms with Crippen molar-refractivity contribution >= 4 is 17.7 Å². The molecule has 0 spiro atoms. The Labute approximate surface area is 171 Å². The number of amides is 1. The summed E-state index contributed by atoms with van der Waals surface area (Å²) in [7, 11) is 3.17. The van der Waals surface area contributed by atoms with E-state index < -0.39 is 0 Å². The molecule has 1 N–H and O–H groups in total. The molecule has 8 nitrogen and oxygen atoms in total. The van der Waals surface area contributed by atoms with Gasteiger partial charge < -0.3 is 14.8 Å². The molecule has 2 aromatic carbocycles. The Morgan fingerprint density at radius 3 is 2.62 bits per heavy atom. The van der Waals surface area contributed by atoms with Gasteiger partial charge in [0.05, 0.1) is 25.7 Å². The van der Waals surface area contributed by atoms with Crippen molar-refractivity contribution < 1.29 is 18.7 Å². The first-order valence-electron chi connectivity index (χ1n) is 8.75. The second kappa shape index (κ2) is 9.87. The average molecular weight is 417 g/mol. The molecular weight excluding hydrogens is 397 g/mol. The average Bonchev–Trinajstić information content (AvgIpc) is 3.21. The number of ether oxygens (including phenoxy) is 2. The highest BCUT2D eigenvalue weighted by Crippen LogP contribution is 2.27. The summed E-state index contributed by atoms with van der Waals surface area (Å²) in [5.74, 6) is 0.997. The Hall–Kier alpha value is -3.14. The number of nitrogens with one attached hydrogen (secondary N) is 1. The number of carbonyl (C=O) groups is 1. The number of thioether (sulfide) groups is 1. The summed E-state index contributed by atoms with van der Waals surface area (Å²) in [5, 5.41) is 14.7. The Kier molecular flexibility index (Phi) is 7.01. The van der Waals surface area contributed by atoms with Crippen molar-refractivity contribution in [2.45, 2.75) is 11.6 Å². The fourth-order valence-corrected chi connectivity index (χ4v) is 3.30. The van der Waals surface area contributed by atoms with Gasteiger partial charge in [0.1, 0.15) is 5.82 Å². The van der Waals surface area contributed by atoms with Crippen molar-refractivity contribution in [1.29, 1.82) is 0 Å². The number of carbonyl (C=O) groups excluding carboxylic acids is 1. The van der Waals surface area contributed by atoms with Crippen LogP contribution < -0.4 is 14.8 Å². The van der Waals surface area contributed by atoms with Crippen LogP contribution in [0.15, 0.2) is 47.6 Å². The highest BCUT2D eigenvalue weighted by molar-refractivity contribution is 7.99. The Morgan fingerprint density at radius 2 is 1.90 bits per heavy atom. The van der Waals surface area contributed by atoms with Crippen molar-refractivity contribution in [2.24, 2.45) is 0 Å². The summed E-state index contributed by atoms with van der Waals surface area (Å²) in [6, 6.07) is 11.4. The highest BCUT2D eigenvalue weighted by Gasteiger charge is 2.12. The molecule has 0 radical (unpaired) electrons. The summed E-state index contributed by atoms with van der Waals surface area (Å²) in [6.45, 7) is 0.484. The van der Waals surface area contributed by atoms with E-state index in [4.69, 9.17) is 9.47 Å². The van der Waals surface area contributed by atoms with E-state index in [0.29, 0.717) is 35.3 Å². The van der Waals surface area contributed by atoms with E-state index >= 15 is 0 Å². The maximum absolute atomic E-state index is 13.1. The Morgan fingerprint density at radius 1 is 1.14 bits per heavy atom. The van der Waals surface area contributed by atoms with Crippen LogP contribution in [0.2, 0.25) is 0 Å². The van der Waals surface area contributed by atoms with Gasteiger partial charge in [0.25, 0.3) is 0 Å². The van der Waals surface area contributed by atoms with Crippen molar-refractivity contribution in [3.05, 3.63) is 53.8 Å². The lowest BCUT2D eigenvalue weighted by Crippen LogP contribution is -2.27. The van der Waals surface area contributed by atoms with Gasteiger partial charge in [0.15, 0.2) is 11.5 Å². The predicted octanol–water partition coefficient (Wildman–Crippen LogP) is 2.27. The molecule has 1 amide bonds. The molecule has 1 aromatic heterocycles. The topological polar surface area (TPSA) is 91.2 Å². The fourth-order valence-electron chi connectivity index (χ4n) is 2.58. The summed E-state index contributed by atoms with van der Waals surface area (Å²) >= 11 is 1.20. The molecule has 0 unspecified atom stereocenters. The lowest BCUT2D eigenvalue weighted by Gasteiger charge is -2.10. The summed E-state index contributed by atoms with van der Waals surface area (Å²) in [4.78, 5) is 12.1. The number of rotatable bonds is 9. The number of hydrogen-bond acceptors (Lipinski definition) is 7. The first-order valence-corrected chi connectivity index (χ1v) is 9.74. The maximum atomic E-state index is 13.1. The van der Waals surface area contributed by atoms with Gasteiger partial charge in [-0.15, -0.1) is 5.10 Å². The van der Waals surface area contributed by atoms with Gasteiger partial charge in [-0.05, 0) is 58.8 Å². The Balaban J connectivity index is 1.49. The van der Waals surface area contributed by atoms with Gasteiger partial charge in [0.2, 0.25) is 11.1 Å². The maximum Gasteiger partial charge on any atom is 0.230 e. The van der Waals surface area contributed by atoms with Crippen molar-refractivity contribution in [3.8, 4) is 17.2 Å². The standard InChI is InChI=1S/C19H20FN5O3S/c1-27-16-8-3-13(11-17(16)28-2)9-10-21-18(26)12-29-19-22-23-24-25(19)15-6-4-14(20)5-7-15/h3-8,11H,9-10,12H2,1-2H3,(H,21,26). The van der Waals surface area contributed by atoms with E-state index in [1.807, 2.05) is 18.2 Å². The van der Waals surface area contributed by atoms with Crippen LogP contribution >= 0.6 is 11.8 Å². The van der Waals surface area contributed by atoms with Gasteiger partial charge in [-0.1, -0.05) is 17.8 Å². The fraction of sp³-hybridized carbons (Fsp3) is 0.263. The van der Waals surface area contributed by atoms with Gasteiger partial charge in [-0.2, -0.15) is 4.68 Å². The van der Waals surface area contributed by atoms with Crippen LogP contribution in [0.3, 0.4) is 0 Å². The van der Waals surface area contributed by atoms with E-state index in [1.165, 1.54) is 28.6 Å². The third kappa shape index (κ3) is 5.44. The molecule has 3 aromatic rings. The minimum atomic E-state index is -0.343. The normalized spacial score (nSPS) is 10.6. The predicted molar refractivity (Wildman–Crippen MR) is 106 cm³/mol. The first-order chi connectivity index (χ1) is 14.1. The zero-order chi connectivity index (χ0) is 20.6. The molecule has 0 aliphatic heterocycles. The molecule has 0 aliphatic rings. The van der Waals surface area contributed by atoms with Crippen molar-refractivity contribution in [2.75, 3.05) is 26.5 Å². The van der Waals surface area contributed by atoms with E-state index in [1.54, 1.807) is 26.4 Å². The molecule has 0 saturated carbocycles. The molecular formula is C19H20FN5O3S. The summed E-state index contributed by atoms with van der Waals surface area (Å²) in [6.07, 6.45) is 0.657. The van der Waals surface area contributed by atoms with E-state index in [-0.39, 0.29) is 17.5 Å². The first kappa shape index (κ1) is 20.6. The smallest absolute Gasteiger partial charge is 0.230 e. The molecule has 10 heteroatoms. The third-order valence-corrected chi connectivity index (χ3v) is 4.95. The van der Waals surface area contributed by atoms with Gasteiger partial charge in [0, 0.05) is 6.54 Å². The van der Waals surface area contributed by atoms with Crippen LogP contribution in [-0.4, -0.2) is 52.6 Å². The molecule has 29 heavy (non-hydrogen) atoms.